The van der Waals surface area contributed by atoms with E-state index in [0.717, 1.165) is 22.0 Å². The van der Waals surface area contributed by atoms with Gasteiger partial charge in [0.25, 0.3) is 0 Å². The van der Waals surface area contributed by atoms with E-state index < -0.39 is 0 Å². The Labute approximate surface area is 126 Å². The molecule has 0 bridgehead atoms. The molecule has 2 heteroatoms. The Bertz CT molecular complexity index is 694. The molecule has 1 fully saturated rings. The van der Waals surface area contributed by atoms with E-state index in [-0.39, 0.29) is 0 Å². The first-order valence-electron chi connectivity index (χ1n) is 7.77. The number of fused-ring (bicyclic) bond motifs is 1. The highest BCUT2D eigenvalue weighted by Gasteiger charge is 2.28. The third-order valence-electron chi connectivity index (χ3n) is 4.61. The van der Waals surface area contributed by atoms with Gasteiger partial charge in [-0.25, -0.2) is 0 Å². The molecule has 1 aliphatic rings. The summed E-state index contributed by atoms with van der Waals surface area (Å²) in [5.41, 5.74) is 2.34. The van der Waals surface area contributed by atoms with Crippen LogP contribution in [-0.2, 0) is 0 Å². The zero-order chi connectivity index (χ0) is 14.9. The van der Waals surface area contributed by atoms with Gasteiger partial charge in [-0.15, -0.1) is 0 Å². The molecule has 3 rings (SSSR count). The summed E-state index contributed by atoms with van der Waals surface area (Å²) in [5, 5.41) is 15.2. The second-order valence-electron chi connectivity index (χ2n) is 6.92. The Kier molecular flexibility index (Phi) is 3.59. The van der Waals surface area contributed by atoms with Gasteiger partial charge >= 0.3 is 0 Å². The molecule has 108 valence electrons. The minimum Gasteiger partial charge on any atom is -0.382 e. The number of nitriles is 1. The summed E-state index contributed by atoms with van der Waals surface area (Å²) in [6.45, 7) is 4.72. The number of nitrogens with one attached hydrogen (secondary N) is 1. The molecule has 2 nitrogen and oxygen atoms in total. The highest BCUT2D eigenvalue weighted by Crippen LogP contribution is 2.37. The van der Waals surface area contributed by atoms with E-state index >= 15 is 0 Å². The second-order valence-corrected chi connectivity index (χ2v) is 6.92. The fourth-order valence-corrected chi connectivity index (χ4v) is 3.56. The van der Waals surface area contributed by atoms with Crippen molar-refractivity contribution in [2.75, 3.05) is 5.32 Å². The predicted octanol–water partition coefficient (Wildman–Crippen LogP) is 5.09. The topological polar surface area (TPSA) is 35.8 Å². The van der Waals surface area contributed by atoms with Crippen molar-refractivity contribution in [1.82, 2.24) is 0 Å². The standard InChI is InChI=1S/C19H22N2/c1-19(2)11-5-6-15(12-19)21-18-10-9-14(13-20)16-7-3-4-8-17(16)18/h3-4,7-10,15,21H,5-6,11-12H2,1-2H3. The van der Waals surface area contributed by atoms with Crippen LogP contribution in [0.5, 0.6) is 0 Å². The molecule has 0 heterocycles. The lowest BCUT2D eigenvalue weighted by Gasteiger charge is -2.36. The van der Waals surface area contributed by atoms with Crippen LogP contribution in [0.1, 0.15) is 45.1 Å². The average molecular weight is 278 g/mol. The third-order valence-corrected chi connectivity index (χ3v) is 4.61. The summed E-state index contributed by atoms with van der Waals surface area (Å²) in [6.07, 6.45) is 5.05. The largest absolute Gasteiger partial charge is 0.382 e. The van der Waals surface area contributed by atoms with Crippen molar-refractivity contribution >= 4 is 16.5 Å². The van der Waals surface area contributed by atoms with Gasteiger partial charge in [0.1, 0.15) is 0 Å². The molecule has 0 amide bonds. The number of nitrogens with zero attached hydrogens (tertiary/aromatic N) is 1. The minimum absolute atomic E-state index is 0.429. The summed E-state index contributed by atoms with van der Waals surface area (Å²) in [6, 6.07) is 15.0. The summed E-state index contributed by atoms with van der Waals surface area (Å²) < 4.78 is 0. The van der Waals surface area contributed by atoms with Crippen LogP contribution >= 0.6 is 0 Å². The summed E-state index contributed by atoms with van der Waals surface area (Å²) in [4.78, 5) is 0. The third kappa shape index (κ3) is 2.88. The van der Waals surface area contributed by atoms with Gasteiger partial charge in [-0.2, -0.15) is 5.26 Å². The average Bonchev–Trinajstić information content (AvgIpc) is 2.47. The van der Waals surface area contributed by atoms with Gasteiger partial charge < -0.3 is 5.32 Å². The van der Waals surface area contributed by atoms with E-state index in [2.05, 4.69) is 37.4 Å². The first kappa shape index (κ1) is 13.9. The van der Waals surface area contributed by atoms with Crippen LogP contribution in [0.2, 0.25) is 0 Å². The van der Waals surface area contributed by atoms with Crippen molar-refractivity contribution in [3.8, 4) is 6.07 Å². The fraction of sp³-hybridized carbons (Fsp3) is 0.421. The molecule has 2 aromatic rings. The molecule has 0 aliphatic heterocycles. The van der Waals surface area contributed by atoms with Crippen molar-refractivity contribution in [3.05, 3.63) is 42.0 Å². The van der Waals surface area contributed by atoms with E-state index in [0.29, 0.717) is 11.5 Å². The number of anilines is 1. The summed E-state index contributed by atoms with van der Waals surface area (Å²) >= 11 is 0. The van der Waals surface area contributed by atoms with Gasteiger partial charge in [-0.05, 0) is 36.8 Å². The molecule has 2 aromatic carbocycles. The summed E-state index contributed by atoms with van der Waals surface area (Å²) in [5.74, 6) is 0. The maximum atomic E-state index is 9.25. The Balaban J connectivity index is 1.93. The lowest BCUT2D eigenvalue weighted by Crippen LogP contribution is -2.31. The Morgan fingerprint density at radius 1 is 1.14 bits per heavy atom. The van der Waals surface area contributed by atoms with Crippen LogP contribution in [0.25, 0.3) is 10.8 Å². The molecule has 0 radical (unpaired) electrons. The molecule has 0 spiro atoms. The van der Waals surface area contributed by atoms with E-state index in [4.69, 9.17) is 0 Å². The Hall–Kier alpha value is -2.01. The van der Waals surface area contributed by atoms with E-state index in [1.54, 1.807) is 0 Å². The van der Waals surface area contributed by atoms with Gasteiger partial charge in [-0.1, -0.05) is 44.5 Å². The number of hydrogen-bond acceptors (Lipinski definition) is 2. The molecule has 1 aliphatic carbocycles. The van der Waals surface area contributed by atoms with E-state index in [1.165, 1.54) is 25.7 Å². The van der Waals surface area contributed by atoms with E-state index in [9.17, 15) is 5.26 Å². The number of rotatable bonds is 2. The first-order chi connectivity index (χ1) is 10.1. The monoisotopic (exact) mass is 278 g/mol. The van der Waals surface area contributed by atoms with E-state index in [1.807, 2.05) is 24.3 Å². The predicted molar refractivity (Wildman–Crippen MR) is 88.3 cm³/mol. The lowest BCUT2D eigenvalue weighted by atomic mass is 9.75. The van der Waals surface area contributed by atoms with Gasteiger partial charge in [0.05, 0.1) is 11.6 Å². The minimum atomic E-state index is 0.429. The molecule has 21 heavy (non-hydrogen) atoms. The van der Waals surface area contributed by atoms with Gasteiger partial charge in [0.15, 0.2) is 0 Å². The maximum absolute atomic E-state index is 9.25. The van der Waals surface area contributed by atoms with Crippen LogP contribution in [0.3, 0.4) is 0 Å². The molecule has 0 saturated heterocycles. The van der Waals surface area contributed by atoms with Crippen LogP contribution in [0, 0.1) is 16.7 Å². The molecule has 1 unspecified atom stereocenters. The van der Waals surface area contributed by atoms with Gasteiger partial charge in [0.2, 0.25) is 0 Å². The van der Waals surface area contributed by atoms with Crippen molar-refractivity contribution in [1.29, 1.82) is 5.26 Å². The van der Waals surface area contributed by atoms with Crippen LogP contribution in [-0.4, -0.2) is 6.04 Å². The Morgan fingerprint density at radius 2 is 1.90 bits per heavy atom. The molecule has 1 saturated carbocycles. The smallest absolute Gasteiger partial charge is 0.0998 e. The van der Waals surface area contributed by atoms with Crippen molar-refractivity contribution in [3.63, 3.8) is 0 Å². The Morgan fingerprint density at radius 3 is 2.62 bits per heavy atom. The zero-order valence-electron chi connectivity index (χ0n) is 12.8. The SMILES string of the molecule is CC1(C)CCCC(Nc2ccc(C#N)c3ccccc23)C1. The van der Waals surface area contributed by atoms with Crippen molar-refractivity contribution in [2.24, 2.45) is 5.41 Å². The van der Waals surface area contributed by atoms with Crippen LogP contribution in [0.4, 0.5) is 5.69 Å². The van der Waals surface area contributed by atoms with Gasteiger partial charge in [-0.3, -0.25) is 0 Å². The lowest BCUT2D eigenvalue weighted by molar-refractivity contribution is 0.229. The number of benzene rings is 2. The number of hydrogen-bond donors (Lipinski definition) is 1. The van der Waals surface area contributed by atoms with Gasteiger partial charge in [0, 0.05) is 22.5 Å². The fourth-order valence-electron chi connectivity index (χ4n) is 3.56. The van der Waals surface area contributed by atoms with Crippen molar-refractivity contribution in [2.45, 2.75) is 45.6 Å². The summed E-state index contributed by atoms with van der Waals surface area (Å²) in [7, 11) is 0. The quantitative estimate of drug-likeness (QED) is 0.830. The molecular formula is C19H22N2. The molecular weight excluding hydrogens is 256 g/mol. The normalized spacial score (nSPS) is 20.9. The second kappa shape index (κ2) is 5.41. The molecule has 1 atom stereocenters. The maximum Gasteiger partial charge on any atom is 0.0998 e. The van der Waals surface area contributed by atoms with Crippen LogP contribution < -0.4 is 5.32 Å². The van der Waals surface area contributed by atoms with Crippen molar-refractivity contribution < 1.29 is 0 Å². The highest BCUT2D eigenvalue weighted by molar-refractivity contribution is 5.97. The van der Waals surface area contributed by atoms with Crippen LogP contribution in [0.15, 0.2) is 36.4 Å². The highest BCUT2D eigenvalue weighted by atomic mass is 14.9. The zero-order valence-corrected chi connectivity index (χ0v) is 12.8. The molecule has 0 aromatic heterocycles. The molecule has 1 N–H and O–H groups in total. The first-order valence-corrected chi connectivity index (χ1v) is 7.77.